The van der Waals surface area contributed by atoms with Gasteiger partial charge in [-0.05, 0) is 24.6 Å². The van der Waals surface area contributed by atoms with Crippen molar-refractivity contribution in [3.8, 4) is 17.9 Å². The molecule has 100 valence electrons. The second-order valence-electron chi connectivity index (χ2n) is 4.62. The highest BCUT2D eigenvalue weighted by Crippen LogP contribution is 2.15. The van der Waals surface area contributed by atoms with E-state index in [2.05, 4.69) is 40.8 Å². The molecule has 0 amide bonds. The number of benzene rings is 1. The van der Waals surface area contributed by atoms with Crippen molar-refractivity contribution in [1.82, 2.24) is 0 Å². The Bertz CT molecular complexity index is 488. The second-order valence-corrected chi connectivity index (χ2v) is 5.54. The molecule has 19 heavy (non-hydrogen) atoms. The number of hydrogen-bond acceptors (Lipinski definition) is 1. The van der Waals surface area contributed by atoms with Crippen LogP contribution in [0.1, 0.15) is 63.0 Å². The van der Waals surface area contributed by atoms with Gasteiger partial charge in [-0.15, -0.1) is 0 Å². The molecule has 2 heteroatoms. The van der Waals surface area contributed by atoms with E-state index < -0.39 is 0 Å². The van der Waals surface area contributed by atoms with Crippen molar-refractivity contribution in [2.45, 2.75) is 51.9 Å². The first-order valence-electron chi connectivity index (χ1n) is 6.96. The summed E-state index contributed by atoms with van der Waals surface area (Å²) in [5, 5.41) is 9.00. The van der Waals surface area contributed by atoms with Gasteiger partial charge in [0, 0.05) is 16.5 Å². The van der Waals surface area contributed by atoms with Crippen molar-refractivity contribution in [3.05, 3.63) is 33.8 Å². The molecule has 0 aliphatic heterocycles. The van der Waals surface area contributed by atoms with Gasteiger partial charge >= 0.3 is 0 Å². The molecule has 0 heterocycles. The zero-order valence-electron chi connectivity index (χ0n) is 11.5. The first kappa shape index (κ1) is 15.8. The number of nitriles is 1. The molecule has 0 N–H and O–H groups in total. The molecule has 0 aromatic heterocycles. The number of rotatable bonds is 6. The molecule has 0 aliphatic carbocycles. The van der Waals surface area contributed by atoms with Crippen molar-refractivity contribution in [1.29, 1.82) is 5.26 Å². The monoisotopic (exact) mass is 317 g/mol. The van der Waals surface area contributed by atoms with Crippen LogP contribution in [0.4, 0.5) is 0 Å². The molecule has 0 aliphatic rings. The molecule has 1 nitrogen and oxygen atoms in total. The van der Waals surface area contributed by atoms with Crippen LogP contribution in [0.25, 0.3) is 0 Å². The molecule has 0 atom stereocenters. The fraction of sp³-hybridized carbons (Fsp3) is 0.471. The van der Waals surface area contributed by atoms with Gasteiger partial charge in [0.2, 0.25) is 0 Å². The molecule has 0 radical (unpaired) electrons. The highest BCUT2D eigenvalue weighted by molar-refractivity contribution is 9.10. The fourth-order valence-corrected chi connectivity index (χ4v) is 2.23. The van der Waals surface area contributed by atoms with E-state index in [1.165, 1.54) is 32.1 Å². The van der Waals surface area contributed by atoms with Crippen LogP contribution in [-0.4, -0.2) is 0 Å². The van der Waals surface area contributed by atoms with Gasteiger partial charge < -0.3 is 0 Å². The van der Waals surface area contributed by atoms with Crippen LogP contribution in [0.2, 0.25) is 0 Å². The quantitative estimate of drug-likeness (QED) is 0.507. The Morgan fingerprint density at radius 2 is 1.79 bits per heavy atom. The van der Waals surface area contributed by atoms with Gasteiger partial charge in [0.05, 0.1) is 5.56 Å². The maximum absolute atomic E-state index is 9.00. The highest BCUT2D eigenvalue weighted by atomic mass is 79.9. The van der Waals surface area contributed by atoms with E-state index >= 15 is 0 Å². The van der Waals surface area contributed by atoms with Crippen LogP contribution >= 0.6 is 15.9 Å². The topological polar surface area (TPSA) is 23.8 Å². The van der Waals surface area contributed by atoms with E-state index in [1.54, 1.807) is 6.07 Å². The van der Waals surface area contributed by atoms with Crippen molar-refractivity contribution in [2.75, 3.05) is 0 Å². The third-order valence-electron chi connectivity index (χ3n) is 2.98. The van der Waals surface area contributed by atoms with Crippen molar-refractivity contribution >= 4 is 15.9 Å². The second kappa shape index (κ2) is 9.65. The zero-order valence-corrected chi connectivity index (χ0v) is 13.1. The van der Waals surface area contributed by atoms with Crippen LogP contribution in [0.5, 0.6) is 0 Å². The molecule has 0 saturated carbocycles. The molecule has 1 rings (SSSR count). The highest BCUT2D eigenvalue weighted by Gasteiger charge is 1.98. The molecule has 0 spiro atoms. The van der Waals surface area contributed by atoms with Crippen LogP contribution in [-0.2, 0) is 0 Å². The summed E-state index contributed by atoms with van der Waals surface area (Å²) in [4.78, 5) is 0. The van der Waals surface area contributed by atoms with Gasteiger partial charge in [-0.3, -0.25) is 0 Å². The van der Waals surface area contributed by atoms with Gasteiger partial charge in [-0.1, -0.05) is 66.8 Å². The predicted molar refractivity (Wildman–Crippen MR) is 83.7 cm³/mol. The van der Waals surface area contributed by atoms with Crippen molar-refractivity contribution < 1.29 is 0 Å². The molecule has 0 saturated heterocycles. The summed E-state index contributed by atoms with van der Waals surface area (Å²) in [6, 6.07) is 7.76. The normalized spacial score (nSPS) is 9.53. The standard InChI is InChI=1S/C17H20BrN/c1-2-3-4-5-6-7-8-9-10-15-13-17(18)12-11-16(15)14-19/h11-13H,2-8H2,1H3. The van der Waals surface area contributed by atoms with E-state index in [1.807, 2.05) is 12.1 Å². The Labute approximate surface area is 125 Å². The third kappa shape index (κ3) is 6.46. The Balaban J connectivity index is 2.38. The zero-order chi connectivity index (χ0) is 13.9. The van der Waals surface area contributed by atoms with Gasteiger partial charge in [-0.2, -0.15) is 5.26 Å². The van der Waals surface area contributed by atoms with Crippen LogP contribution < -0.4 is 0 Å². The van der Waals surface area contributed by atoms with Crippen LogP contribution in [0.3, 0.4) is 0 Å². The first-order valence-corrected chi connectivity index (χ1v) is 7.75. The Morgan fingerprint density at radius 1 is 1.05 bits per heavy atom. The lowest BCUT2D eigenvalue weighted by Crippen LogP contribution is -1.83. The number of halogens is 1. The van der Waals surface area contributed by atoms with Gasteiger partial charge in [0.15, 0.2) is 0 Å². The lowest BCUT2D eigenvalue weighted by Gasteiger charge is -1.97. The van der Waals surface area contributed by atoms with Crippen molar-refractivity contribution in [3.63, 3.8) is 0 Å². The summed E-state index contributed by atoms with van der Waals surface area (Å²) >= 11 is 3.41. The van der Waals surface area contributed by atoms with E-state index in [0.717, 1.165) is 22.9 Å². The SMILES string of the molecule is CCCCCCCCC#Cc1cc(Br)ccc1C#N. The van der Waals surface area contributed by atoms with Gasteiger partial charge in [-0.25, -0.2) is 0 Å². The average molecular weight is 318 g/mol. The average Bonchev–Trinajstić information content (AvgIpc) is 2.42. The summed E-state index contributed by atoms with van der Waals surface area (Å²) in [5.74, 6) is 6.28. The molecule has 0 fully saturated rings. The summed E-state index contributed by atoms with van der Waals surface area (Å²) < 4.78 is 0.968. The van der Waals surface area contributed by atoms with Gasteiger partial charge in [0.1, 0.15) is 6.07 Å². The number of hydrogen-bond donors (Lipinski definition) is 0. The molecule has 1 aromatic rings. The minimum atomic E-state index is 0.652. The van der Waals surface area contributed by atoms with Crippen LogP contribution in [0, 0.1) is 23.2 Å². The Kier molecular flexibility index (Phi) is 8.03. The minimum absolute atomic E-state index is 0.652. The molecule has 0 unspecified atom stereocenters. The lowest BCUT2D eigenvalue weighted by molar-refractivity contribution is 0.614. The lowest BCUT2D eigenvalue weighted by atomic mass is 10.1. The summed E-state index contributed by atoms with van der Waals surface area (Å²) in [5.41, 5.74) is 1.47. The smallest absolute Gasteiger partial charge is 0.100 e. The van der Waals surface area contributed by atoms with E-state index in [0.29, 0.717) is 5.56 Å². The Morgan fingerprint density at radius 3 is 2.53 bits per heavy atom. The summed E-state index contributed by atoms with van der Waals surface area (Å²) in [6.45, 7) is 2.23. The van der Waals surface area contributed by atoms with Crippen LogP contribution in [0.15, 0.2) is 22.7 Å². The maximum atomic E-state index is 9.00. The van der Waals surface area contributed by atoms with E-state index in [4.69, 9.17) is 5.26 Å². The first-order chi connectivity index (χ1) is 9.27. The fourth-order valence-electron chi connectivity index (χ4n) is 1.87. The van der Waals surface area contributed by atoms with Gasteiger partial charge in [0.25, 0.3) is 0 Å². The van der Waals surface area contributed by atoms with Crippen molar-refractivity contribution in [2.24, 2.45) is 0 Å². The molecular formula is C17H20BrN. The third-order valence-corrected chi connectivity index (χ3v) is 3.47. The molecule has 1 aromatic carbocycles. The molecule has 0 bridgehead atoms. The Hall–Kier alpha value is -1.25. The number of nitrogens with zero attached hydrogens (tertiary/aromatic N) is 1. The van der Waals surface area contributed by atoms with E-state index in [9.17, 15) is 0 Å². The minimum Gasteiger partial charge on any atom is -0.192 e. The predicted octanol–water partition coefficient (Wildman–Crippen LogP) is 5.42. The van der Waals surface area contributed by atoms with E-state index in [-0.39, 0.29) is 0 Å². The number of unbranched alkanes of at least 4 members (excludes halogenated alkanes) is 6. The largest absolute Gasteiger partial charge is 0.192 e. The maximum Gasteiger partial charge on any atom is 0.100 e. The summed E-state index contributed by atoms with van der Waals surface area (Å²) in [6.07, 6.45) is 8.63. The molecular weight excluding hydrogens is 298 g/mol. The summed E-state index contributed by atoms with van der Waals surface area (Å²) in [7, 11) is 0.